The van der Waals surface area contributed by atoms with Crippen LogP contribution in [0.25, 0.3) is 0 Å². The third-order valence-corrected chi connectivity index (χ3v) is 3.35. The van der Waals surface area contributed by atoms with Crippen LogP contribution >= 0.6 is 11.8 Å². The summed E-state index contributed by atoms with van der Waals surface area (Å²) in [4.78, 5) is 27.9. The topological polar surface area (TPSA) is 82.5 Å². The van der Waals surface area contributed by atoms with Gasteiger partial charge in [0.15, 0.2) is 0 Å². The standard InChI is InChI=1S/C10H11N3O3S/c14-9(15)8-5-17-6-13(8)10(16)12-7-2-1-3-11-4-7/h1-4,8H,5-6H2,(H,12,16)(H,14,15)/t8-/m0/s1. The molecule has 6 nitrogen and oxygen atoms in total. The van der Waals surface area contributed by atoms with Crippen LogP contribution in [0.1, 0.15) is 0 Å². The van der Waals surface area contributed by atoms with Crippen molar-refractivity contribution in [3.8, 4) is 0 Å². The normalized spacial score (nSPS) is 19.1. The Hall–Kier alpha value is -1.76. The van der Waals surface area contributed by atoms with Crippen LogP contribution in [0.2, 0.25) is 0 Å². The van der Waals surface area contributed by atoms with Crippen LogP contribution in [-0.4, -0.2) is 44.7 Å². The predicted molar refractivity (Wildman–Crippen MR) is 63.8 cm³/mol. The number of aliphatic carboxylic acids is 1. The Balaban J connectivity index is 2.03. The van der Waals surface area contributed by atoms with E-state index < -0.39 is 18.0 Å². The van der Waals surface area contributed by atoms with Gasteiger partial charge in [-0.25, -0.2) is 9.59 Å². The van der Waals surface area contributed by atoms with E-state index in [1.54, 1.807) is 18.3 Å². The molecular formula is C10H11N3O3S. The number of carboxylic acids is 1. The van der Waals surface area contributed by atoms with Gasteiger partial charge in [-0.1, -0.05) is 0 Å². The maximum absolute atomic E-state index is 11.8. The first kappa shape index (κ1) is 11.7. The van der Waals surface area contributed by atoms with Crippen molar-refractivity contribution >= 4 is 29.4 Å². The summed E-state index contributed by atoms with van der Waals surface area (Å²) in [6.45, 7) is 0. The van der Waals surface area contributed by atoms with Gasteiger partial charge in [-0.15, -0.1) is 11.8 Å². The van der Waals surface area contributed by atoms with E-state index in [0.29, 0.717) is 17.3 Å². The Bertz CT molecular complexity index is 426. The number of carbonyl (C=O) groups is 2. The zero-order valence-electron chi connectivity index (χ0n) is 8.87. The van der Waals surface area contributed by atoms with Crippen LogP contribution in [0.15, 0.2) is 24.5 Å². The molecule has 17 heavy (non-hydrogen) atoms. The van der Waals surface area contributed by atoms with E-state index in [-0.39, 0.29) is 0 Å². The average Bonchev–Trinajstić information content (AvgIpc) is 2.79. The summed E-state index contributed by atoms with van der Waals surface area (Å²) < 4.78 is 0. The summed E-state index contributed by atoms with van der Waals surface area (Å²) in [5.41, 5.74) is 0.554. The van der Waals surface area contributed by atoms with Gasteiger partial charge >= 0.3 is 12.0 Å². The van der Waals surface area contributed by atoms with Gasteiger partial charge in [0.05, 0.1) is 17.8 Å². The summed E-state index contributed by atoms with van der Waals surface area (Å²) in [6, 6.07) is 2.24. The van der Waals surface area contributed by atoms with E-state index in [4.69, 9.17) is 5.11 Å². The van der Waals surface area contributed by atoms with Gasteiger partial charge in [0, 0.05) is 11.9 Å². The monoisotopic (exact) mass is 253 g/mol. The number of pyridine rings is 1. The van der Waals surface area contributed by atoms with E-state index >= 15 is 0 Å². The first-order valence-electron chi connectivity index (χ1n) is 4.96. The zero-order chi connectivity index (χ0) is 12.3. The second-order valence-corrected chi connectivity index (χ2v) is 4.50. The first-order valence-corrected chi connectivity index (χ1v) is 6.12. The molecule has 1 aromatic heterocycles. The van der Waals surface area contributed by atoms with Crippen molar-refractivity contribution in [3.05, 3.63) is 24.5 Å². The highest BCUT2D eigenvalue weighted by Gasteiger charge is 2.34. The van der Waals surface area contributed by atoms with Crippen molar-refractivity contribution < 1.29 is 14.7 Å². The Morgan fingerprint density at radius 3 is 3.06 bits per heavy atom. The molecule has 0 radical (unpaired) electrons. The lowest BCUT2D eigenvalue weighted by molar-refractivity contribution is -0.140. The number of rotatable bonds is 2. The number of thioether (sulfide) groups is 1. The highest BCUT2D eigenvalue weighted by molar-refractivity contribution is 7.99. The number of carbonyl (C=O) groups excluding carboxylic acids is 1. The Kier molecular flexibility index (Phi) is 3.48. The number of amides is 2. The molecule has 0 saturated carbocycles. The molecular weight excluding hydrogens is 242 g/mol. The maximum atomic E-state index is 11.8. The van der Waals surface area contributed by atoms with Crippen LogP contribution in [0.4, 0.5) is 10.5 Å². The van der Waals surface area contributed by atoms with E-state index in [9.17, 15) is 9.59 Å². The molecule has 0 bridgehead atoms. The second kappa shape index (κ2) is 5.05. The van der Waals surface area contributed by atoms with E-state index in [1.165, 1.54) is 22.9 Å². The highest BCUT2D eigenvalue weighted by atomic mass is 32.2. The Morgan fingerprint density at radius 2 is 2.41 bits per heavy atom. The third kappa shape index (κ3) is 2.68. The molecule has 2 rings (SSSR count). The molecule has 90 valence electrons. The van der Waals surface area contributed by atoms with Crippen molar-refractivity contribution in [1.29, 1.82) is 0 Å². The molecule has 2 N–H and O–H groups in total. The van der Waals surface area contributed by atoms with Gasteiger partial charge in [-0.2, -0.15) is 0 Å². The molecule has 1 saturated heterocycles. The second-order valence-electron chi connectivity index (χ2n) is 3.50. The largest absolute Gasteiger partial charge is 0.480 e. The number of aromatic nitrogens is 1. The van der Waals surface area contributed by atoms with Crippen molar-refractivity contribution in [1.82, 2.24) is 9.88 Å². The molecule has 2 heterocycles. The van der Waals surface area contributed by atoms with Crippen LogP contribution in [0, 0.1) is 0 Å². The van der Waals surface area contributed by atoms with Crippen LogP contribution in [0.3, 0.4) is 0 Å². The van der Waals surface area contributed by atoms with Gasteiger partial charge in [0.2, 0.25) is 0 Å². The molecule has 1 fully saturated rings. The van der Waals surface area contributed by atoms with Gasteiger partial charge in [0.25, 0.3) is 0 Å². The summed E-state index contributed by atoms with van der Waals surface area (Å²) >= 11 is 1.43. The van der Waals surface area contributed by atoms with Gasteiger partial charge < -0.3 is 15.3 Å². The molecule has 0 unspecified atom stereocenters. The predicted octanol–water partition coefficient (Wildman–Crippen LogP) is 1.07. The minimum absolute atomic E-state index is 0.392. The Morgan fingerprint density at radius 1 is 1.59 bits per heavy atom. The van der Waals surface area contributed by atoms with Crippen LogP contribution < -0.4 is 5.32 Å². The quantitative estimate of drug-likeness (QED) is 0.824. The highest BCUT2D eigenvalue weighted by Crippen LogP contribution is 2.21. The summed E-state index contributed by atoms with van der Waals surface area (Å²) in [6.07, 6.45) is 3.11. The zero-order valence-corrected chi connectivity index (χ0v) is 9.68. The molecule has 2 amide bonds. The number of nitrogens with zero attached hydrogens (tertiary/aromatic N) is 2. The summed E-state index contributed by atoms with van der Waals surface area (Å²) in [7, 11) is 0. The fraction of sp³-hybridized carbons (Fsp3) is 0.300. The van der Waals surface area contributed by atoms with Crippen molar-refractivity contribution in [2.75, 3.05) is 16.9 Å². The first-order chi connectivity index (χ1) is 8.18. The van der Waals surface area contributed by atoms with Crippen molar-refractivity contribution in [2.45, 2.75) is 6.04 Å². The molecule has 0 aliphatic carbocycles. The number of anilines is 1. The molecule has 1 aliphatic heterocycles. The number of carboxylic acid groups (broad SMARTS) is 1. The van der Waals surface area contributed by atoms with Crippen molar-refractivity contribution in [2.24, 2.45) is 0 Å². The number of nitrogens with one attached hydrogen (secondary N) is 1. The number of hydrogen-bond donors (Lipinski definition) is 2. The maximum Gasteiger partial charge on any atom is 0.327 e. The lowest BCUT2D eigenvalue weighted by Crippen LogP contribution is -2.43. The Labute approximate surface area is 102 Å². The van der Waals surface area contributed by atoms with Crippen molar-refractivity contribution in [3.63, 3.8) is 0 Å². The fourth-order valence-corrected chi connectivity index (χ4v) is 2.62. The SMILES string of the molecule is O=C(O)[C@@H]1CSCN1C(=O)Nc1cccnc1. The average molecular weight is 253 g/mol. The van der Waals surface area contributed by atoms with Gasteiger partial charge in [-0.3, -0.25) is 4.98 Å². The van der Waals surface area contributed by atoms with Crippen LogP contribution in [-0.2, 0) is 4.79 Å². The van der Waals surface area contributed by atoms with Gasteiger partial charge in [0.1, 0.15) is 6.04 Å². The van der Waals surface area contributed by atoms with E-state index in [1.807, 2.05) is 0 Å². The third-order valence-electron chi connectivity index (χ3n) is 2.34. The number of urea groups is 1. The molecule has 7 heteroatoms. The minimum Gasteiger partial charge on any atom is -0.480 e. The van der Waals surface area contributed by atoms with Gasteiger partial charge in [-0.05, 0) is 12.1 Å². The lowest BCUT2D eigenvalue weighted by atomic mass is 10.3. The smallest absolute Gasteiger partial charge is 0.327 e. The lowest BCUT2D eigenvalue weighted by Gasteiger charge is -2.20. The summed E-state index contributed by atoms with van der Waals surface area (Å²) in [5.74, 6) is -0.157. The van der Waals surface area contributed by atoms with E-state index in [2.05, 4.69) is 10.3 Å². The van der Waals surface area contributed by atoms with Crippen LogP contribution in [0.5, 0.6) is 0 Å². The molecule has 1 atom stereocenters. The molecule has 0 spiro atoms. The molecule has 1 aliphatic rings. The fourth-order valence-electron chi connectivity index (χ4n) is 1.48. The molecule has 1 aromatic rings. The minimum atomic E-state index is -0.976. The number of hydrogen-bond acceptors (Lipinski definition) is 4. The molecule has 0 aromatic carbocycles. The van der Waals surface area contributed by atoms with E-state index in [0.717, 1.165) is 0 Å². The summed E-state index contributed by atoms with van der Waals surface area (Å²) in [5, 5.41) is 11.6.